The van der Waals surface area contributed by atoms with Gasteiger partial charge in [0, 0.05) is 5.71 Å². The molecule has 132 valence electrons. The maximum Gasteiger partial charge on any atom is 0.322 e. The number of hydrogen-bond acceptors (Lipinski definition) is 6. The van der Waals surface area contributed by atoms with Gasteiger partial charge in [-0.25, -0.2) is 0 Å². The van der Waals surface area contributed by atoms with Gasteiger partial charge in [-0.2, -0.15) is 0 Å². The van der Waals surface area contributed by atoms with E-state index < -0.39 is 11.9 Å². The van der Waals surface area contributed by atoms with Crippen molar-refractivity contribution in [1.29, 1.82) is 0 Å². The highest BCUT2D eigenvalue weighted by Gasteiger charge is 2.38. The predicted molar refractivity (Wildman–Crippen MR) is 94.9 cm³/mol. The molecule has 0 amide bonds. The third kappa shape index (κ3) is 4.15. The van der Waals surface area contributed by atoms with Crippen molar-refractivity contribution >= 4 is 23.5 Å². The van der Waals surface area contributed by atoms with E-state index in [2.05, 4.69) is 11.6 Å². The molecule has 6 nitrogen and oxygen atoms in total. The summed E-state index contributed by atoms with van der Waals surface area (Å²) in [6.07, 6.45) is 3.25. The van der Waals surface area contributed by atoms with Crippen LogP contribution in [0, 0.1) is 5.92 Å². The number of nitrogens with zero attached hydrogens (tertiary/aromatic N) is 1. The third-order valence-corrected chi connectivity index (χ3v) is 3.60. The van der Waals surface area contributed by atoms with Gasteiger partial charge in [0.1, 0.15) is 12.3 Å². The lowest BCUT2D eigenvalue weighted by atomic mass is 10.0. The van der Waals surface area contributed by atoms with Crippen LogP contribution in [0.25, 0.3) is 6.08 Å². The molecular formula is C19H21NO5. The summed E-state index contributed by atoms with van der Waals surface area (Å²) < 4.78 is 15.7. The van der Waals surface area contributed by atoms with Crippen molar-refractivity contribution in [2.24, 2.45) is 10.9 Å². The Kier molecular flexibility index (Phi) is 6.11. The van der Waals surface area contributed by atoms with E-state index in [1.807, 2.05) is 0 Å². The van der Waals surface area contributed by atoms with Crippen LogP contribution < -0.4 is 9.47 Å². The number of ketones is 1. The van der Waals surface area contributed by atoms with Crippen molar-refractivity contribution in [2.75, 3.05) is 20.3 Å². The summed E-state index contributed by atoms with van der Waals surface area (Å²) in [6.45, 7) is 7.53. The number of Topliss-reactive ketones (excluding diaryl/α,β-unsaturated/α-hetero) is 1. The van der Waals surface area contributed by atoms with Crippen molar-refractivity contribution in [1.82, 2.24) is 0 Å². The Morgan fingerprint density at radius 3 is 2.76 bits per heavy atom. The van der Waals surface area contributed by atoms with Crippen LogP contribution in [0.4, 0.5) is 0 Å². The summed E-state index contributed by atoms with van der Waals surface area (Å²) in [5.74, 6) is -0.774. The highest BCUT2D eigenvalue weighted by Crippen LogP contribution is 2.30. The lowest BCUT2D eigenvalue weighted by Gasteiger charge is -2.10. The first-order valence-corrected chi connectivity index (χ1v) is 7.91. The van der Waals surface area contributed by atoms with Crippen molar-refractivity contribution in [3.05, 3.63) is 42.1 Å². The van der Waals surface area contributed by atoms with Crippen LogP contribution in [0.5, 0.6) is 11.5 Å². The fraction of sp³-hybridized carbons (Fsp3) is 0.316. The molecule has 25 heavy (non-hydrogen) atoms. The number of hydrogen-bond donors (Lipinski definition) is 0. The fourth-order valence-electron chi connectivity index (χ4n) is 2.45. The number of methoxy groups -OCH3 is 1. The second-order valence-corrected chi connectivity index (χ2v) is 5.34. The molecule has 1 aromatic carbocycles. The zero-order valence-electron chi connectivity index (χ0n) is 14.6. The Morgan fingerprint density at radius 2 is 2.12 bits per heavy atom. The topological polar surface area (TPSA) is 74.2 Å². The molecule has 0 N–H and O–H groups in total. The van der Waals surface area contributed by atoms with Crippen LogP contribution in [0.1, 0.15) is 19.4 Å². The molecule has 0 aromatic heterocycles. The van der Waals surface area contributed by atoms with Gasteiger partial charge >= 0.3 is 5.97 Å². The second-order valence-electron chi connectivity index (χ2n) is 5.34. The summed E-state index contributed by atoms with van der Waals surface area (Å²) in [5.41, 5.74) is 1.37. The van der Waals surface area contributed by atoms with Gasteiger partial charge in [-0.15, -0.1) is 0 Å². The summed E-state index contributed by atoms with van der Waals surface area (Å²) in [6, 6.07) is 5.26. The Hall–Kier alpha value is -2.89. The van der Waals surface area contributed by atoms with E-state index in [1.165, 1.54) is 7.11 Å². The zero-order valence-corrected chi connectivity index (χ0v) is 14.6. The summed E-state index contributed by atoms with van der Waals surface area (Å²) >= 11 is 0. The number of carbonyl (C=O) groups is 2. The van der Waals surface area contributed by atoms with Gasteiger partial charge < -0.3 is 14.2 Å². The molecule has 1 aromatic rings. The second kappa shape index (κ2) is 8.28. The highest BCUT2D eigenvalue weighted by molar-refractivity contribution is 6.28. The van der Waals surface area contributed by atoms with Crippen LogP contribution >= 0.6 is 0 Å². The smallest absolute Gasteiger partial charge is 0.322 e. The van der Waals surface area contributed by atoms with E-state index in [9.17, 15) is 9.59 Å². The predicted octanol–water partition coefficient (Wildman–Crippen LogP) is 2.82. The monoisotopic (exact) mass is 343 g/mol. The first-order valence-electron chi connectivity index (χ1n) is 7.91. The Balaban J connectivity index is 2.27. The fourth-order valence-corrected chi connectivity index (χ4v) is 2.45. The van der Waals surface area contributed by atoms with E-state index >= 15 is 0 Å². The molecule has 0 spiro atoms. The summed E-state index contributed by atoms with van der Waals surface area (Å²) in [5, 5.41) is 0. The molecule has 0 bridgehead atoms. The zero-order chi connectivity index (χ0) is 18.4. The van der Waals surface area contributed by atoms with Crippen LogP contribution in [-0.4, -0.2) is 37.8 Å². The van der Waals surface area contributed by atoms with E-state index in [4.69, 9.17) is 14.2 Å². The van der Waals surface area contributed by atoms with Crippen LogP contribution in [0.2, 0.25) is 0 Å². The maximum absolute atomic E-state index is 12.4. The number of allylic oxidation sites excluding steroid dienone is 1. The normalized spacial score (nSPS) is 18.0. The average molecular weight is 343 g/mol. The van der Waals surface area contributed by atoms with Gasteiger partial charge in [-0.3, -0.25) is 14.6 Å². The number of benzene rings is 1. The molecular weight excluding hydrogens is 322 g/mol. The number of aliphatic imine (C=N–C) groups is 1. The lowest BCUT2D eigenvalue weighted by molar-refractivity contribution is -0.147. The average Bonchev–Trinajstić information content (AvgIpc) is 2.87. The molecule has 1 heterocycles. The molecule has 0 radical (unpaired) electrons. The molecule has 2 rings (SSSR count). The Bertz CT molecular complexity index is 748. The van der Waals surface area contributed by atoms with Crippen LogP contribution in [0.3, 0.4) is 0 Å². The standard InChI is InChI=1S/C19H21NO5/c1-5-9-25-15-8-7-13(11-16(15)23-4)10-14-18(21)17(12(3)20-14)19(22)24-6-2/h5,7-8,10-11,17H,1,6,9H2,2-4H3/b14-10+. The van der Waals surface area contributed by atoms with Gasteiger partial charge in [0.25, 0.3) is 0 Å². The molecule has 0 fully saturated rings. The summed E-state index contributed by atoms with van der Waals surface area (Å²) in [4.78, 5) is 28.6. The highest BCUT2D eigenvalue weighted by atomic mass is 16.5. The minimum Gasteiger partial charge on any atom is -0.493 e. The van der Waals surface area contributed by atoms with Crippen molar-refractivity contribution in [2.45, 2.75) is 13.8 Å². The molecule has 1 unspecified atom stereocenters. The molecule has 0 saturated carbocycles. The first-order chi connectivity index (χ1) is 12.0. The van der Waals surface area contributed by atoms with E-state index in [0.29, 0.717) is 29.4 Å². The SMILES string of the molecule is C=CCOc1ccc(/C=C2/N=C(C)C(C(=O)OCC)C2=O)cc1OC. The third-order valence-electron chi connectivity index (χ3n) is 3.60. The molecule has 6 heteroatoms. The van der Waals surface area contributed by atoms with Gasteiger partial charge in [0.2, 0.25) is 5.78 Å². The van der Waals surface area contributed by atoms with Crippen molar-refractivity contribution in [3.63, 3.8) is 0 Å². The van der Waals surface area contributed by atoms with Gasteiger partial charge in [-0.05, 0) is 37.6 Å². The van der Waals surface area contributed by atoms with E-state index in [1.54, 1.807) is 44.2 Å². The first kappa shape index (κ1) is 18.4. The van der Waals surface area contributed by atoms with Crippen molar-refractivity contribution in [3.8, 4) is 11.5 Å². The van der Waals surface area contributed by atoms with Crippen molar-refractivity contribution < 1.29 is 23.8 Å². The molecule has 1 aliphatic rings. The quantitative estimate of drug-likeness (QED) is 0.329. The van der Waals surface area contributed by atoms with Crippen LogP contribution in [-0.2, 0) is 14.3 Å². The van der Waals surface area contributed by atoms with Crippen LogP contribution in [0.15, 0.2) is 41.5 Å². The molecule has 1 atom stereocenters. The van der Waals surface area contributed by atoms with Gasteiger partial charge in [0.05, 0.1) is 13.7 Å². The van der Waals surface area contributed by atoms with E-state index in [0.717, 1.165) is 0 Å². The lowest BCUT2D eigenvalue weighted by Crippen LogP contribution is -2.28. The largest absolute Gasteiger partial charge is 0.493 e. The minimum absolute atomic E-state index is 0.220. The van der Waals surface area contributed by atoms with Gasteiger partial charge in [0.15, 0.2) is 17.4 Å². The maximum atomic E-state index is 12.4. The molecule has 0 aliphatic carbocycles. The van der Waals surface area contributed by atoms with E-state index in [-0.39, 0.29) is 18.1 Å². The number of esters is 1. The Morgan fingerprint density at radius 1 is 1.36 bits per heavy atom. The number of rotatable bonds is 7. The summed E-state index contributed by atoms with van der Waals surface area (Å²) in [7, 11) is 1.53. The Labute approximate surface area is 146 Å². The number of ether oxygens (including phenoxy) is 3. The molecule has 1 aliphatic heterocycles. The minimum atomic E-state index is -0.955. The molecule has 0 saturated heterocycles. The van der Waals surface area contributed by atoms with Gasteiger partial charge in [-0.1, -0.05) is 18.7 Å². The number of carbonyl (C=O) groups excluding carboxylic acids is 2.